The molecule has 0 bridgehead atoms. The molecule has 0 saturated carbocycles. The van der Waals surface area contributed by atoms with E-state index in [0.717, 1.165) is 5.56 Å². The Morgan fingerprint density at radius 3 is 2.50 bits per heavy atom. The second-order valence-electron chi connectivity index (χ2n) is 3.31. The van der Waals surface area contributed by atoms with Crippen LogP contribution in [0.5, 0.6) is 5.88 Å². The standard InChI is InChI=1S/C13H12N2O/c1-16-12-9-5-8-11(15-12)13(14)10-6-3-2-4-7-10/h2-9,14H,1H3. The first-order chi connectivity index (χ1) is 7.81. The van der Waals surface area contributed by atoms with Crippen molar-refractivity contribution in [2.75, 3.05) is 7.11 Å². The summed E-state index contributed by atoms with van der Waals surface area (Å²) in [5.41, 5.74) is 1.87. The van der Waals surface area contributed by atoms with Gasteiger partial charge in [-0.15, -0.1) is 0 Å². The van der Waals surface area contributed by atoms with Gasteiger partial charge in [-0.1, -0.05) is 36.4 Å². The molecule has 0 fully saturated rings. The first-order valence-electron chi connectivity index (χ1n) is 4.96. The highest BCUT2D eigenvalue weighted by Gasteiger charge is 2.06. The summed E-state index contributed by atoms with van der Waals surface area (Å²) in [7, 11) is 1.57. The zero-order chi connectivity index (χ0) is 11.4. The highest BCUT2D eigenvalue weighted by molar-refractivity contribution is 6.09. The first-order valence-corrected chi connectivity index (χ1v) is 4.96. The van der Waals surface area contributed by atoms with E-state index in [2.05, 4.69) is 4.98 Å². The molecule has 3 heteroatoms. The van der Waals surface area contributed by atoms with Crippen LogP contribution in [0.3, 0.4) is 0 Å². The maximum atomic E-state index is 8.02. The van der Waals surface area contributed by atoms with Crippen molar-refractivity contribution < 1.29 is 4.74 Å². The highest BCUT2D eigenvalue weighted by Crippen LogP contribution is 2.11. The summed E-state index contributed by atoms with van der Waals surface area (Å²) in [6.07, 6.45) is 0. The van der Waals surface area contributed by atoms with E-state index >= 15 is 0 Å². The molecule has 0 amide bonds. The third-order valence-electron chi connectivity index (χ3n) is 2.25. The van der Waals surface area contributed by atoms with E-state index in [-0.39, 0.29) is 0 Å². The van der Waals surface area contributed by atoms with Crippen molar-refractivity contribution >= 4 is 5.71 Å². The number of ether oxygens (including phenoxy) is 1. The van der Waals surface area contributed by atoms with Crippen LogP contribution in [-0.2, 0) is 0 Å². The lowest BCUT2D eigenvalue weighted by molar-refractivity contribution is 0.397. The maximum absolute atomic E-state index is 8.02. The van der Waals surface area contributed by atoms with Crippen molar-refractivity contribution in [2.45, 2.75) is 0 Å². The monoisotopic (exact) mass is 212 g/mol. The van der Waals surface area contributed by atoms with Crippen LogP contribution in [0.2, 0.25) is 0 Å². The Labute approximate surface area is 94.2 Å². The molecule has 1 aromatic carbocycles. The van der Waals surface area contributed by atoms with Gasteiger partial charge >= 0.3 is 0 Å². The fourth-order valence-electron chi connectivity index (χ4n) is 1.42. The van der Waals surface area contributed by atoms with Gasteiger partial charge in [0.15, 0.2) is 0 Å². The van der Waals surface area contributed by atoms with Crippen LogP contribution in [-0.4, -0.2) is 17.8 Å². The molecule has 80 valence electrons. The summed E-state index contributed by atoms with van der Waals surface area (Å²) >= 11 is 0. The molecule has 0 aliphatic rings. The minimum absolute atomic E-state index is 0.402. The fourth-order valence-corrected chi connectivity index (χ4v) is 1.42. The Hall–Kier alpha value is -2.16. The van der Waals surface area contributed by atoms with Gasteiger partial charge in [-0.2, -0.15) is 0 Å². The van der Waals surface area contributed by atoms with E-state index < -0.39 is 0 Å². The number of pyridine rings is 1. The normalized spacial score (nSPS) is 9.81. The zero-order valence-electron chi connectivity index (χ0n) is 8.97. The van der Waals surface area contributed by atoms with E-state index in [0.29, 0.717) is 17.3 Å². The summed E-state index contributed by atoms with van der Waals surface area (Å²) in [6, 6.07) is 14.9. The van der Waals surface area contributed by atoms with Gasteiger partial charge < -0.3 is 4.74 Å². The number of rotatable bonds is 3. The van der Waals surface area contributed by atoms with E-state index in [1.54, 1.807) is 19.2 Å². The first kappa shape index (κ1) is 10.4. The van der Waals surface area contributed by atoms with Crippen molar-refractivity contribution in [2.24, 2.45) is 0 Å². The predicted molar refractivity (Wildman–Crippen MR) is 63.2 cm³/mol. The number of nitrogens with one attached hydrogen (secondary N) is 1. The Kier molecular flexibility index (Phi) is 2.96. The fraction of sp³-hybridized carbons (Fsp3) is 0.0769. The summed E-state index contributed by atoms with van der Waals surface area (Å²) < 4.78 is 5.03. The summed E-state index contributed by atoms with van der Waals surface area (Å²) in [5.74, 6) is 0.526. The molecule has 0 spiro atoms. The lowest BCUT2D eigenvalue weighted by Crippen LogP contribution is -2.04. The largest absolute Gasteiger partial charge is 0.481 e. The highest BCUT2D eigenvalue weighted by atomic mass is 16.5. The Morgan fingerprint density at radius 2 is 1.81 bits per heavy atom. The number of aromatic nitrogens is 1. The molecule has 0 aliphatic heterocycles. The van der Waals surface area contributed by atoms with E-state index in [9.17, 15) is 0 Å². The molecular weight excluding hydrogens is 200 g/mol. The van der Waals surface area contributed by atoms with Gasteiger partial charge in [0.2, 0.25) is 5.88 Å². The number of nitrogens with zero attached hydrogens (tertiary/aromatic N) is 1. The van der Waals surface area contributed by atoms with E-state index in [4.69, 9.17) is 10.1 Å². The molecule has 0 unspecified atom stereocenters. The van der Waals surface area contributed by atoms with Crippen molar-refractivity contribution in [3.8, 4) is 5.88 Å². The third-order valence-corrected chi connectivity index (χ3v) is 2.25. The molecule has 0 atom stereocenters. The number of benzene rings is 1. The van der Waals surface area contributed by atoms with Crippen LogP contribution in [0.1, 0.15) is 11.3 Å². The third kappa shape index (κ3) is 2.08. The van der Waals surface area contributed by atoms with Gasteiger partial charge in [-0.3, -0.25) is 5.41 Å². The van der Waals surface area contributed by atoms with Gasteiger partial charge in [0, 0.05) is 11.6 Å². The van der Waals surface area contributed by atoms with Gasteiger partial charge in [0.1, 0.15) is 0 Å². The van der Waals surface area contributed by atoms with E-state index in [1.165, 1.54) is 0 Å². The summed E-state index contributed by atoms with van der Waals surface area (Å²) in [5, 5.41) is 8.02. The Morgan fingerprint density at radius 1 is 1.06 bits per heavy atom. The molecule has 0 saturated heterocycles. The van der Waals surface area contributed by atoms with E-state index in [1.807, 2.05) is 36.4 Å². The quantitative estimate of drug-likeness (QED) is 0.794. The number of methoxy groups -OCH3 is 1. The number of hydrogen-bond acceptors (Lipinski definition) is 3. The SMILES string of the molecule is COc1cccc(C(=N)c2ccccc2)n1. The van der Waals surface area contributed by atoms with Crippen LogP contribution in [0, 0.1) is 5.41 Å². The number of hydrogen-bond donors (Lipinski definition) is 1. The smallest absolute Gasteiger partial charge is 0.213 e. The molecule has 1 heterocycles. The predicted octanol–water partition coefficient (Wildman–Crippen LogP) is 2.51. The Bertz CT molecular complexity index is 494. The molecule has 0 radical (unpaired) electrons. The topological polar surface area (TPSA) is 46.0 Å². The maximum Gasteiger partial charge on any atom is 0.213 e. The van der Waals surface area contributed by atoms with Crippen molar-refractivity contribution in [1.82, 2.24) is 4.98 Å². The van der Waals surface area contributed by atoms with Crippen LogP contribution >= 0.6 is 0 Å². The Balaban J connectivity index is 2.34. The molecule has 0 aliphatic carbocycles. The molecule has 2 aromatic rings. The van der Waals surface area contributed by atoms with Gasteiger partial charge in [0.25, 0.3) is 0 Å². The molecule has 3 nitrogen and oxygen atoms in total. The van der Waals surface area contributed by atoms with Crippen LogP contribution < -0.4 is 4.74 Å². The average Bonchev–Trinajstić information content (AvgIpc) is 2.39. The minimum atomic E-state index is 0.402. The van der Waals surface area contributed by atoms with Gasteiger partial charge in [-0.05, 0) is 6.07 Å². The molecular formula is C13H12N2O. The van der Waals surface area contributed by atoms with Crippen LogP contribution in [0.4, 0.5) is 0 Å². The van der Waals surface area contributed by atoms with Crippen molar-refractivity contribution in [3.63, 3.8) is 0 Å². The zero-order valence-corrected chi connectivity index (χ0v) is 8.97. The van der Waals surface area contributed by atoms with Crippen molar-refractivity contribution in [1.29, 1.82) is 5.41 Å². The lowest BCUT2D eigenvalue weighted by atomic mass is 10.1. The second-order valence-corrected chi connectivity index (χ2v) is 3.31. The second kappa shape index (κ2) is 4.57. The lowest BCUT2D eigenvalue weighted by Gasteiger charge is -2.05. The molecule has 16 heavy (non-hydrogen) atoms. The average molecular weight is 212 g/mol. The van der Waals surface area contributed by atoms with Gasteiger partial charge in [0.05, 0.1) is 18.5 Å². The molecule has 1 aromatic heterocycles. The van der Waals surface area contributed by atoms with Gasteiger partial charge in [-0.25, -0.2) is 4.98 Å². The molecule has 2 rings (SSSR count). The van der Waals surface area contributed by atoms with Crippen LogP contribution in [0.15, 0.2) is 48.5 Å². The summed E-state index contributed by atoms with van der Waals surface area (Å²) in [6.45, 7) is 0. The van der Waals surface area contributed by atoms with Crippen LogP contribution in [0.25, 0.3) is 0 Å². The summed E-state index contributed by atoms with van der Waals surface area (Å²) in [4.78, 5) is 4.22. The minimum Gasteiger partial charge on any atom is -0.481 e. The molecule has 1 N–H and O–H groups in total. The van der Waals surface area contributed by atoms with Crippen molar-refractivity contribution in [3.05, 3.63) is 59.8 Å².